The molecule has 0 aliphatic heterocycles. The van der Waals surface area contributed by atoms with Crippen LogP contribution in [0.3, 0.4) is 0 Å². The number of hydrogen-bond donors (Lipinski definition) is 0. The summed E-state index contributed by atoms with van der Waals surface area (Å²) in [6, 6.07) is 58.2. The Morgan fingerprint density at radius 2 is 0.982 bits per heavy atom. The first-order valence-corrected chi connectivity index (χ1v) is 18.6. The first-order chi connectivity index (χ1) is 27.7. The fourth-order valence-corrected chi connectivity index (χ4v) is 8.31. The van der Waals surface area contributed by atoms with Crippen LogP contribution in [0.1, 0.15) is 0 Å². The van der Waals surface area contributed by atoms with E-state index in [2.05, 4.69) is 103 Å². The molecule has 0 amide bonds. The lowest BCUT2D eigenvalue weighted by Crippen LogP contribution is -2.01. The van der Waals surface area contributed by atoms with Crippen LogP contribution in [0, 0.1) is 0 Å². The number of benzene rings is 9. The summed E-state index contributed by atoms with van der Waals surface area (Å²) in [4.78, 5) is 20.6. The van der Waals surface area contributed by atoms with Crippen molar-refractivity contribution in [1.29, 1.82) is 0 Å². The zero-order valence-electron chi connectivity index (χ0n) is 29.8. The van der Waals surface area contributed by atoms with Crippen molar-refractivity contribution >= 4 is 76.1 Å². The molecule has 0 bridgehead atoms. The van der Waals surface area contributed by atoms with E-state index in [1.54, 1.807) is 0 Å². The number of oxazole rings is 1. The topological polar surface area (TPSA) is 77.8 Å². The highest BCUT2D eigenvalue weighted by Crippen LogP contribution is 2.41. The van der Waals surface area contributed by atoms with E-state index in [-0.39, 0.29) is 0 Å². The van der Waals surface area contributed by atoms with Crippen molar-refractivity contribution in [3.8, 4) is 45.6 Å². The Kier molecular flexibility index (Phi) is 6.53. The van der Waals surface area contributed by atoms with Crippen LogP contribution in [0.15, 0.2) is 179 Å². The molecule has 6 nitrogen and oxygen atoms in total. The van der Waals surface area contributed by atoms with E-state index in [4.69, 9.17) is 28.8 Å². The molecule has 12 aromatic rings. The van der Waals surface area contributed by atoms with Gasteiger partial charge in [-0.05, 0) is 74.8 Å². The van der Waals surface area contributed by atoms with Crippen molar-refractivity contribution in [3.05, 3.63) is 170 Å². The van der Waals surface area contributed by atoms with Crippen LogP contribution in [0.5, 0.6) is 0 Å². The van der Waals surface area contributed by atoms with Crippen molar-refractivity contribution in [3.63, 3.8) is 0 Å². The molecular weight excluding hydrogens is 689 g/mol. The first kappa shape index (κ1) is 30.7. The smallest absolute Gasteiger partial charge is 0.227 e. The zero-order chi connectivity index (χ0) is 36.7. The van der Waals surface area contributed by atoms with Gasteiger partial charge in [0, 0.05) is 43.8 Å². The minimum atomic E-state index is 0.588. The van der Waals surface area contributed by atoms with Crippen LogP contribution >= 0.6 is 0 Å². The molecule has 0 N–H and O–H groups in total. The Balaban J connectivity index is 1.12. The molecule has 0 saturated heterocycles. The molecule has 0 unspecified atom stereocenters. The summed E-state index contributed by atoms with van der Waals surface area (Å²) in [6.45, 7) is 0. The number of para-hydroxylation sites is 1. The third kappa shape index (κ3) is 4.69. The van der Waals surface area contributed by atoms with Gasteiger partial charge in [0.1, 0.15) is 16.7 Å². The summed E-state index contributed by atoms with van der Waals surface area (Å²) in [6.07, 6.45) is 0. The number of aromatic nitrogens is 4. The van der Waals surface area contributed by atoms with E-state index in [0.29, 0.717) is 23.4 Å². The first-order valence-electron chi connectivity index (χ1n) is 18.6. The second-order valence-corrected chi connectivity index (χ2v) is 14.2. The molecular formula is C50H28N4O2. The number of rotatable bonds is 4. The van der Waals surface area contributed by atoms with E-state index >= 15 is 0 Å². The molecule has 0 atom stereocenters. The van der Waals surface area contributed by atoms with Crippen LogP contribution < -0.4 is 0 Å². The highest BCUT2D eigenvalue weighted by atomic mass is 16.3. The summed E-state index contributed by atoms with van der Waals surface area (Å²) in [7, 11) is 0. The Hall–Kier alpha value is -7.70. The third-order valence-electron chi connectivity index (χ3n) is 10.9. The molecule has 260 valence electrons. The van der Waals surface area contributed by atoms with Crippen molar-refractivity contribution in [2.75, 3.05) is 0 Å². The third-order valence-corrected chi connectivity index (χ3v) is 10.9. The van der Waals surface area contributed by atoms with Crippen molar-refractivity contribution < 1.29 is 8.83 Å². The molecule has 12 rings (SSSR count). The number of hydrogen-bond acceptors (Lipinski definition) is 6. The normalized spacial score (nSPS) is 11.9. The number of fused-ring (bicyclic) bond motifs is 11. The predicted octanol–water partition coefficient (Wildman–Crippen LogP) is 13.2. The van der Waals surface area contributed by atoms with Crippen LogP contribution in [0.2, 0.25) is 0 Å². The fourth-order valence-electron chi connectivity index (χ4n) is 8.31. The van der Waals surface area contributed by atoms with Gasteiger partial charge < -0.3 is 8.83 Å². The summed E-state index contributed by atoms with van der Waals surface area (Å²) in [5.41, 5.74) is 6.95. The lowest BCUT2D eigenvalue weighted by molar-refractivity contribution is 0.623. The molecule has 3 aromatic heterocycles. The van der Waals surface area contributed by atoms with E-state index < -0.39 is 0 Å². The van der Waals surface area contributed by atoms with Crippen LogP contribution in [0.25, 0.3) is 122 Å². The van der Waals surface area contributed by atoms with Gasteiger partial charge in [0.05, 0.1) is 0 Å². The van der Waals surface area contributed by atoms with Crippen LogP contribution in [-0.4, -0.2) is 19.9 Å². The fraction of sp³-hybridized carbons (Fsp3) is 0. The van der Waals surface area contributed by atoms with Gasteiger partial charge in [-0.15, -0.1) is 0 Å². The molecule has 6 heteroatoms. The number of furan rings is 1. The second kappa shape index (κ2) is 11.9. The van der Waals surface area contributed by atoms with Gasteiger partial charge in [0.25, 0.3) is 0 Å². The minimum Gasteiger partial charge on any atom is -0.456 e. The standard InChI is InChI=1S/C50H28N4O2/c1-2-11-32(12-3-1)50-51-41-26-23-31-21-20-30-22-25-35-37(44(30)45(31)46(41)56-50)16-9-18-39(35)49-53-47(33-24-27-43-40(28-33)36-15-6-7-19-42(36)55-43)52-48(54-49)38-17-8-13-29-10-4-5-14-34(29)38/h1-28H. The molecule has 0 radical (unpaired) electrons. The van der Waals surface area contributed by atoms with Crippen LogP contribution in [-0.2, 0) is 0 Å². The van der Waals surface area contributed by atoms with Gasteiger partial charge in [0.15, 0.2) is 23.1 Å². The summed E-state index contributed by atoms with van der Waals surface area (Å²) in [5.74, 6) is 2.40. The van der Waals surface area contributed by atoms with E-state index in [1.807, 2.05) is 66.7 Å². The van der Waals surface area contributed by atoms with Gasteiger partial charge in [-0.3, -0.25) is 0 Å². The Labute approximate surface area is 319 Å². The Bertz CT molecular complexity index is 3540. The zero-order valence-corrected chi connectivity index (χ0v) is 29.8. The second-order valence-electron chi connectivity index (χ2n) is 14.2. The maximum absolute atomic E-state index is 6.60. The van der Waals surface area contributed by atoms with E-state index in [1.165, 1.54) is 0 Å². The highest BCUT2D eigenvalue weighted by Gasteiger charge is 2.20. The molecule has 0 aliphatic carbocycles. The maximum Gasteiger partial charge on any atom is 0.227 e. The molecule has 9 aromatic carbocycles. The van der Waals surface area contributed by atoms with Crippen molar-refractivity contribution in [2.24, 2.45) is 0 Å². The summed E-state index contributed by atoms with van der Waals surface area (Å²) >= 11 is 0. The molecule has 0 aliphatic rings. The molecule has 3 heterocycles. The average molecular weight is 717 g/mol. The average Bonchev–Trinajstić information content (AvgIpc) is 3.88. The number of nitrogens with zero attached hydrogens (tertiary/aromatic N) is 4. The highest BCUT2D eigenvalue weighted by molar-refractivity contribution is 6.27. The van der Waals surface area contributed by atoms with E-state index in [9.17, 15) is 0 Å². The van der Waals surface area contributed by atoms with E-state index in [0.717, 1.165) is 98.4 Å². The SMILES string of the molecule is c1ccc(-c2nc3ccc4ccc5ccc6c(-c7nc(-c8ccc9oc%10ccccc%10c9c8)nc(-c8cccc9ccccc89)n7)cccc6c5c4c3o2)cc1. The molecule has 0 fully saturated rings. The van der Waals surface area contributed by atoms with Gasteiger partial charge in [-0.25, -0.2) is 19.9 Å². The van der Waals surface area contributed by atoms with Gasteiger partial charge >= 0.3 is 0 Å². The van der Waals surface area contributed by atoms with Gasteiger partial charge in [-0.2, -0.15) is 0 Å². The minimum absolute atomic E-state index is 0.588. The molecule has 0 spiro atoms. The largest absolute Gasteiger partial charge is 0.456 e. The maximum atomic E-state index is 6.60. The predicted molar refractivity (Wildman–Crippen MR) is 226 cm³/mol. The quantitative estimate of drug-likeness (QED) is 0.169. The Morgan fingerprint density at radius 3 is 1.86 bits per heavy atom. The van der Waals surface area contributed by atoms with Gasteiger partial charge in [0.2, 0.25) is 5.89 Å². The lowest BCUT2D eigenvalue weighted by Gasteiger charge is -2.13. The molecule has 0 saturated carbocycles. The summed E-state index contributed by atoms with van der Waals surface area (Å²) < 4.78 is 12.8. The van der Waals surface area contributed by atoms with Crippen LogP contribution in [0.4, 0.5) is 0 Å². The summed E-state index contributed by atoms with van der Waals surface area (Å²) in [5, 5.41) is 10.7. The van der Waals surface area contributed by atoms with Crippen molar-refractivity contribution in [2.45, 2.75) is 0 Å². The molecule has 56 heavy (non-hydrogen) atoms. The lowest BCUT2D eigenvalue weighted by atomic mass is 9.93. The monoisotopic (exact) mass is 716 g/mol. The van der Waals surface area contributed by atoms with Gasteiger partial charge in [-0.1, -0.05) is 127 Å². The van der Waals surface area contributed by atoms with Crippen molar-refractivity contribution in [1.82, 2.24) is 19.9 Å². The Morgan fingerprint density at radius 1 is 0.339 bits per heavy atom.